The van der Waals surface area contributed by atoms with Gasteiger partial charge in [0.15, 0.2) is 0 Å². The molecule has 138 valence electrons. The summed E-state index contributed by atoms with van der Waals surface area (Å²) >= 11 is 0. The molecule has 1 amide bonds. The van der Waals surface area contributed by atoms with E-state index in [9.17, 15) is 13.2 Å². The summed E-state index contributed by atoms with van der Waals surface area (Å²) in [5.41, 5.74) is 0.932. The molecular formula is C19H22N2O4S. The Morgan fingerprint density at radius 3 is 2.12 bits per heavy atom. The summed E-state index contributed by atoms with van der Waals surface area (Å²) < 4.78 is 27.9. The number of carbonyl (C=O) groups excluding carboxylic acids is 1. The summed E-state index contributed by atoms with van der Waals surface area (Å²) in [4.78, 5) is 13.1. The fourth-order valence-corrected chi connectivity index (χ4v) is 4.03. The Hall–Kier alpha value is -2.38. The fourth-order valence-electron chi connectivity index (χ4n) is 3.51. The average molecular weight is 374 g/mol. The molecule has 0 saturated heterocycles. The number of carbonyl (C=O) groups is 1. The molecule has 1 saturated carbocycles. The highest BCUT2D eigenvalue weighted by molar-refractivity contribution is 7.89. The molecule has 0 radical (unpaired) electrons. The molecule has 0 atom stereocenters. The number of anilines is 1. The minimum atomic E-state index is -3.75. The van der Waals surface area contributed by atoms with E-state index in [1.165, 1.54) is 12.1 Å². The van der Waals surface area contributed by atoms with Crippen molar-refractivity contribution in [1.29, 1.82) is 0 Å². The van der Waals surface area contributed by atoms with Gasteiger partial charge in [0, 0.05) is 5.69 Å². The van der Waals surface area contributed by atoms with Gasteiger partial charge in [-0.05, 0) is 54.8 Å². The van der Waals surface area contributed by atoms with E-state index >= 15 is 0 Å². The molecule has 3 rings (SSSR count). The maximum atomic E-state index is 13.1. The molecule has 1 aliphatic rings. The van der Waals surface area contributed by atoms with Crippen molar-refractivity contribution in [2.75, 3.05) is 12.4 Å². The molecule has 2 aromatic carbocycles. The number of rotatable bonds is 5. The van der Waals surface area contributed by atoms with Gasteiger partial charge in [0.25, 0.3) is 0 Å². The molecule has 0 aliphatic heterocycles. The minimum Gasteiger partial charge on any atom is -0.497 e. The van der Waals surface area contributed by atoms with Crippen LogP contribution in [-0.4, -0.2) is 21.4 Å². The standard InChI is InChI=1S/C19H22N2O4S/c1-25-16-8-4-14(5-9-16)19(12-2-3-13-19)18(22)21-15-6-10-17(11-7-15)26(20,23)24/h4-11H,2-3,12-13H2,1H3,(H,21,22)(H2,20,23,24). The first-order valence-corrected chi connectivity index (χ1v) is 9.99. The van der Waals surface area contributed by atoms with E-state index in [1.54, 1.807) is 19.2 Å². The molecule has 1 aliphatic carbocycles. The summed E-state index contributed by atoms with van der Waals surface area (Å²) in [6.45, 7) is 0. The number of nitrogens with two attached hydrogens (primary N) is 1. The van der Waals surface area contributed by atoms with Crippen molar-refractivity contribution in [2.24, 2.45) is 5.14 Å². The summed E-state index contributed by atoms with van der Waals surface area (Å²) in [5, 5.41) is 8.03. The second-order valence-corrected chi connectivity index (χ2v) is 8.10. The van der Waals surface area contributed by atoms with Crippen molar-refractivity contribution in [1.82, 2.24) is 0 Å². The predicted molar refractivity (Wildman–Crippen MR) is 99.6 cm³/mol. The van der Waals surface area contributed by atoms with Crippen LogP contribution >= 0.6 is 0 Å². The first-order chi connectivity index (χ1) is 12.3. The topological polar surface area (TPSA) is 98.5 Å². The molecule has 0 unspecified atom stereocenters. The summed E-state index contributed by atoms with van der Waals surface area (Å²) in [5.74, 6) is 0.671. The number of sulfonamides is 1. The zero-order chi connectivity index (χ0) is 18.8. The number of primary sulfonamides is 1. The van der Waals surface area contributed by atoms with Crippen LogP contribution in [0.4, 0.5) is 5.69 Å². The van der Waals surface area contributed by atoms with Crippen LogP contribution in [0.5, 0.6) is 5.75 Å². The van der Waals surface area contributed by atoms with E-state index in [-0.39, 0.29) is 10.8 Å². The lowest BCUT2D eigenvalue weighted by atomic mass is 9.78. The number of methoxy groups -OCH3 is 1. The highest BCUT2D eigenvalue weighted by Gasteiger charge is 2.42. The Labute approximate surface area is 153 Å². The third kappa shape index (κ3) is 3.59. The van der Waals surface area contributed by atoms with Gasteiger partial charge in [-0.3, -0.25) is 4.79 Å². The molecule has 6 nitrogen and oxygen atoms in total. The fraction of sp³-hybridized carbons (Fsp3) is 0.316. The molecule has 0 aromatic heterocycles. The second kappa shape index (κ2) is 7.09. The molecule has 0 heterocycles. The Balaban J connectivity index is 1.85. The van der Waals surface area contributed by atoms with E-state index in [0.717, 1.165) is 37.0 Å². The van der Waals surface area contributed by atoms with Gasteiger partial charge in [0.2, 0.25) is 15.9 Å². The highest BCUT2D eigenvalue weighted by atomic mass is 32.2. The maximum absolute atomic E-state index is 13.1. The normalized spacial score (nSPS) is 16.2. The third-order valence-corrected chi connectivity index (χ3v) is 5.90. The van der Waals surface area contributed by atoms with Crippen molar-refractivity contribution in [3.8, 4) is 5.75 Å². The lowest BCUT2D eigenvalue weighted by Crippen LogP contribution is -2.38. The first-order valence-electron chi connectivity index (χ1n) is 8.44. The van der Waals surface area contributed by atoms with Crippen molar-refractivity contribution in [3.05, 3.63) is 54.1 Å². The number of hydrogen-bond donors (Lipinski definition) is 2. The lowest BCUT2D eigenvalue weighted by molar-refractivity contribution is -0.121. The molecule has 26 heavy (non-hydrogen) atoms. The van der Waals surface area contributed by atoms with E-state index in [2.05, 4.69) is 5.32 Å². The van der Waals surface area contributed by atoms with Crippen LogP contribution in [0.25, 0.3) is 0 Å². The van der Waals surface area contributed by atoms with Crippen molar-refractivity contribution >= 4 is 21.6 Å². The van der Waals surface area contributed by atoms with Crippen LogP contribution in [0.3, 0.4) is 0 Å². The van der Waals surface area contributed by atoms with Crippen LogP contribution in [-0.2, 0) is 20.2 Å². The van der Waals surface area contributed by atoms with Gasteiger partial charge in [-0.1, -0.05) is 25.0 Å². The van der Waals surface area contributed by atoms with E-state index in [1.807, 2.05) is 24.3 Å². The maximum Gasteiger partial charge on any atom is 0.238 e. The molecule has 0 spiro atoms. The monoisotopic (exact) mass is 374 g/mol. The number of amides is 1. The first kappa shape index (κ1) is 18.4. The Bertz CT molecular complexity index is 884. The van der Waals surface area contributed by atoms with Gasteiger partial charge in [0.1, 0.15) is 5.75 Å². The summed E-state index contributed by atoms with van der Waals surface area (Å²) in [6.07, 6.45) is 3.54. The zero-order valence-corrected chi connectivity index (χ0v) is 15.4. The van der Waals surface area contributed by atoms with Crippen LogP contribution in [0.2, 0.25) is 0 Å². The van der Waals surface area contributed by atoms with Gasteiger partial charge in [-0.2, -0.15) is 0 Å². The van der Waals surface area contributed by atoms with Crippen molar-refractivity contribution in [3.63, 3.8) is 0 Å². The minimum absolute atomic E-state index is 0.0150. The smallest absolute Gasteiger partial charge is 0.238 e. The molecule has 2 aromatic rings. The van der Waals surface area contributed by atoms with Gasteiger partial charge < -0.3 is 10.1 Å². The second-order valence-electron chi connectivity index (χ2n) is 6.54. The van der Waals surface area contributed by atoms with Gasteiger partial charge in [-0.15, -0.1) is 0 Å². The predicted octanol–water partition coefficient (Wildman–Crippen LogP) is 2.79. The highest BCUT2D eigenvalue weighted by Crippen LogP contribution is 2.42. The van der Waals surface area contributed by atoms with Gasteiger partial charge >= 0.3 is 0 Å². The summed E-state index contributed by atoms with van der Waals surface area (Å²) in [7, 11) is -2.14. The molecule has 3 N–H and O–H groups in total. The van der Waals surface area contributed by atoms with E-state index in [0.29, 0.717) is 5.69 Å². The van der Waals surface area contributed by atoms with E-state index < -0.39 is 15.4 Å². The van der Waals surface area contributed by atoms with Crippen LogP contribution < -0.4 is 15.2 Å². The number of nitrogens with one attached hydrogen (secondary N) is 1. The summed E-state index contributed by atoms with van der Waals surface area (Å²) in [6, 6.07) is 13.5. The third-order valence-electron chi connectivity index (χ3n) is 4.98. The number of benzene rings is 2. The lowest BCUT2D eigenvalue weighted by Gasteiger charge is -2.28. The van der Waals surface area contributed by atoms with E-state index in [4.69, 9.17) is 9.88 Å². The van der Waals surface area contributed by atoms with Crippen molar-refractivity contribution in [2.45, 2.75) is 36.0 Å². The number of hydrogen-bond acceptors (Lipinski definition) is 4. The molecule has 7 heteroatoms. The quantitative estimate of drug-likeness (QED) is 0.841. The van der Waals surface area contributed by atoms with Crippen LogP contribution in [0.1, 0.15) is 31.2 Å². The average Bonchev–Trinajstić information content (AvgIpc) is 3.12. The van der Waals surface area contributed by atoms with Gasteiger partial charge in [-0.25, -0.2) is 13.6 Å². The Morgan fingerprint density at radius 2 is 1.62 bits per heavy atom. The van der Waals surface area contributed by atoms with Crippen LogP contribution in [0, 0.1) is 0 Å². The van der Waals surface area contributed by atoms with Gasteiger partial charge in [0.05, 0.1) is 17.4 Å². The van der Waals surface area contributed by atoms with Crippen LogP contribution in [0.15, 0.2) is 53.4 Å². The molecule has 0 bridgehead atoms. The largest absolute Gasteiger partial charge is 0.497 e. The van der Waals surface area contributed by atoms with Crippen molar-refractivity contribution < 1.29 is 17.9 Å². The SMILES string of the molecule is COc1ccc(C2(C(=O)Nc3ccc(S(N)(=O)=O)cc3)CCCC2)cc1. The Kier molecular flexibility index (Phi) is 5.02. The number of ether oxygens (including phenoxy) is 1. The molecule has 1 fully saturated rings. The molecular weight excluding hydrogens is 352 g/mol. The zero-order valence-electron chi connectivity index (χ0n) is 14.6. The Morgan fingerprint density at radius 1 is 1.04 bits per heavy atom.